The smallest absolute Gasteiger partial charge is 0.0181 e. The molecule has 0 aromatic heterocycles. The van der Waals surface area contributed by atoms with Crippen molar-refractivity contribution >= 4 is 33.2 Å². The summed E-state index contributed by atoms with van der Waals surface area (Å²) in [7, 11) is 0. The van der Waals surface area contributed by atoms with Gasteiger partial charge in [0.25, 0.3) is 0 Å². The first-order valence-electron chi connectivity index (χ1n) is 9.01. The van der Waals surface area contributed by atoms with Gasteiger partial charge < -0.3 is 0 Å². The Labute approximate surface area is 164 Å². The van der Waals surface area contributed by atoms with E-state index in [0.717, 1.165) is 4.47 Å². The number of fused-ring (bicyclic) bond motifs is 1. The summed E-state index contributed by atoms with van der Waals surface area (Å²) in [6, 6.07) is 25.9. The molecule has 0 saturated heterocycles. The van der Waals surface area contributed by atoms with Crippen LogP contribution in [0.2, 0.25) is 0 Å². The Morgan fingerprint density at radius 2 is 1.54 bits per heavy atom. The molecule has 0 aliphatic heterocycles. The Kier molecular flexibility index (Phi) is 4.65. The van der Waals surface area contributed by atoms with E-state index in [1.807, 2.05) is 0 Å². The van der Waals surface area contributed by atoms with E-state index in [1.165, 1.54) is 39.0 Å². The lowest BCUT2D eigenvalue weighted by atomic mass is 9.94. The fourth-order valence-corrected chi connectivity index (χ4v) is 3.97. The highest BCUT2D eigenvalue weighted by Gasteiger charge is 2.20. The van der Waals surface area contributed by atoms with Crippen molar-refractivity contribution in [2.24, 2.45) is 0 Å². The Bertz CT molecular complexity index is 1010. The summed E-state index contributed by atoms with van der Waals surface area (Å²) in [5.74, 6) is 0.504. The molecule has 1 aliphatic rings. The Morgan fingerprint density at radius 1 is 0.808 bits per heavy atom. The zero-order valence-electron chi connectivity index (χ0n) is 15.0. The predicted molar refractivity (Wildman–Crippen MR) is 116 cm³/mol. The first-order chi connectivity index (χ1) is 12.6. The van der Waals surface area contributed by atoms with Gasteiger partial charge in [-0.15, -0.1) is 0 Å². The van der Waals surface area contributed by atoms with Gasteiger partial charge in [-0.2, -0.15) is 0 Å². The third-order valence-corrected chi connectivity index (χ3v) is 5.39. The van der Waals surface area contributed by atoms with Crippen LogP contribution in [0.15, 0.2) is 83.3 Å². The van der Waals surface area contributed by atoms with Gasteiger partial charge in [-0.1, -0.05) is 90.4 Å². The molecule has 1 heteroatoms. The van der Waals surface area contributed by atoms with Crippen LogP contribution in [-0.2, 0) is 0 Å². The molecule has 0 bridgehead atoms. The molecule has 0 N–H and O–H groups in total. The number of rotatable bonds is 3. The van der Waals surface area contributed by atoms with Crippen LogP contribution in [0.5, 0.6) is 0 Å². The van der Waals surface area contributed by atoms with Gasteiger partial charge in [0.15, 0.2) is 0 Å². The molecule has 0 heterocycles. The molecule has 0 saturated carbocycles. The average molecular weight is 401 g/mol. The number of halogens is 1. The lowest BCUT2D eigenvalue weighted by Gasteiger charge is -2.10. The SMILES string of the molecule is CC(C)c1ccccc1/C=C1\C=C(c2ccccc2)c2ccc(Br)cc21. The second kappa shape index (κ2) is 7.09. The van der Waals surface area contributed by atoms with Crippen LogP contribution in [0.4, 0.5) is 0 Å². The maximum absolute atomic E-state index is 3.64. The van der Waals surface area contributed by atoms with E-state index in [2.05, 4.69) is 115 Å². The monoisotopic (exact) mass is 400 g/mol. The second-order valence-electron chi connectivity index (χ2n) is 7.00. The fourth-order valence-electron chi connectivity index (χ4n) is 3.61. The van der Waals surface area contributed by atoms with Crippen LogP contribution in [0.3, 0.4) is 0 Å². The summed E-state index contributed by atoms with van der Waals surface area (Å²) >= 11 is 3.64. The van der Waals surface area contributed by atoms with E-state index >= 15 is 0 Å². The lowest BCUT2D eigenvalue weighted by molar-refractivity contribution is 0.864. The van der Waals surface area contributed by atoms with Gasteiger partial charge in [0.05, 0.1) is 0 Å². The topological polar surface area (TPSA) is 0 Å². The standard InChI is InChI=1S/C25H21Br/c1-17(2)22-11-7-6-10-19(22)14-20-15-24(18-8-4-3-5-9-18)23-13-12-21(26)16-25(20)23/h3-17H,1-2H3/b20-14+. The van der Waals surface area contributed by atoms with Crippen LogP contribution in [-0.4, -0.2) is 0 Å². The van der Waals surface area contributed by atoms with E-state index in [0.29, 0.717) is 5.92 Å². The molecule has 0 fully saturated rings. The van der Waals surface area contributed by atoms with E-state index in [4.69, 9.17) is 0 Å². The molecule has 26 heavy (non-hydrogen) atoms. The van der Waals surface area contributed by atoms with Crippen LogP contribution in [0, 0.1) is 0 Å². The highest BCUT2D eigenvalue weighted by atomic mass is 79.9. The van der Waals surface area contributed by atoms with Crippen LogP contribution >= 0.6 is 15.9 Å². The zero-order valence-corrected chi connectivity index (χ0v) is 16.6. The highest BCUT2D eigenvalue weighted by molar-refractivity contribution is 9.10. The van der Waals surface area contributed by atoms with Crippen molar-refractivity contribution in [2.45, 2.75) is 19.8 Å². The van der Waals surface area contributed by atoms with Crippen molar-refractivity contribution in [3.8, 4) is 0 Å². The summed E-state index contributed by atoms with van der Waals surface area (Å²) < 4.78 is 1.11. The van der Waals surface area contributed by atoms with E-state index < -0.39 is 0 Å². The number of benzene rings is 3. The maximum atomic E-state index is 3.64. The molecule has 0 spiro atoms. The molecule has 0 unspecified atom stereocenters. The van der Waals surface area contributed by atoms with Gasteiger partial charge >= 0.3 is 0 Å². The fraction of sp³-hybridized carbons (Fsp3) is 0.120. The molecule has 0 amide bonds. The summed E-state index contributed by atoms with van der Waals surface area (Å²) in [6.07, 6.45) is 4.65. The molecule has 128 valence electrons. The molecule has 4 rings (SSSR count). The largest absolute Gasteiger partial charge is 0.0622 e. The average Bonchev–Trinajstić information content (AvgIpc) is 3.00. The second-order valence-corrected chi connectivity index (χ2v) is 7.91. The van der Waals surface area contributed by atoms with Gasteiger partial charge in [0.2, 0.25) is 0 Å². The predicted octanol–water partition coefficient (Wildman–Crippen LogP) is 7.56. The van der Waals surface area contributed by atoms with Crippen molar-refractivity contribution in [1.29, 1.82) is 0 Å². The molecular formula is C25H21Br. The van der Waals surface area contributed by atoms with E-state index in [1.54, 1.807) is 0 Å². The summed E-state index contributed by atoms with van der Waals surface area (Å²) in [6.45, 7) is 4.50. The quantitative estimate of drug-likeness (QED) is 0.425. The number of hydrogen-bond donors (Lipinski definition) is 0. The summed E-state index contributed by atoms with van der Waals surface area (Å²) in [4.78, 5) is 0. The molecular weight excluding hydrogens is 380 g/mol. The zero-order chi connectivity index (χ0) is 18.1. The van der Waals surface area contributed by atoms with Crippen molar-refractivity contribution in [3.63, 3.8) is 0 Å². The van der Waals surface area contributed by atoms with Gasteiger partial charge in [0, 0.05) is 4.47 Å². The normalized spacial score (nSPS) is 14.6. The Morgan fingerprint density at radius 3 is 2.31 bits per heavy atom. The van der Waals surface area contributed by atoms with Crippen molar-refractivity contribution in [1.82, 2.24) is 0 Å². The summed E-state index contributed by atoms with van der Waals surface area (Å²) in [5, 5.41) is 0. The van der Waals surface area contributed by atoms with Gasteiger partial charge in [0.1, 0.15) is 0 Å². The Balaban J connectivity index is 1.90. The lowest BCUT2D eigenvalue weighted by Crippen LogP contribution is -1.91. The third-order valence-electron chi connectivity index (χ3n) is 4.90. The van der Waals surface area contributed by atoms with E-state index in [-0.39, 0.29) is 0 Å². The third kappa shape index (κ3) is 3.20. The van der Waals surface area contributed by atoms with E-state index in [9.17, 15) is 0 Å². The maximum Gasteiger partial charge on any atom is 0.0181 e. The minimum absolute atomic E-state index is 0.504. The minimum Gasteiger partial charge on any atom is -0.0622 e. The first-order valence-corrected chi connectivity index (χ1v) is 9.81. The van der Waals surface area contributed by atoms with Gasteiger partial charge in [-0.25, -0.2) is 0 Å². The van der Waals surface area contributed by atoms with Crippen LogP contribution in [0.1, 0.15) is 47.6 Å². The minimum atomic E-state index is 0.504. The highest BCUT2D eigenvalue weighted by Crippen LogP contribution is 2.41. The van der Waals surface area contributed by atoms with Crippen molar-refractivity contribution in [2.75, 3.05) is 0 Å². The van der Waals surface area contributed by atoms with Crippen LogP contribution < -0.4 is 0 Å². The number of allylic oxidation sites excluding steroid dienone is 2. The van der Waals surface area contributed by atoms with Gasteiger partial charge in [-0.05, 0) is 69.2 Å². The molecule has 3 aromatic carbocycles. The molecule has 0 atom stereocenters. The molecule has 0 nitrogen and oxygen atoms in total. The molecule has 0 radical (unpaired) electrons. The molecule has 1 aliphatic carbocycles. The first kappa shape index (κ1) is 17.1. The Hall–Kier alpha value is -2.38. The van der Waals surface area contributed by atoms with Crippen molar-refractivity contribution in [3.05, 3.63) is 111 Å². The van der Waals surface area contributed by atoms with Crippen LogP contribution in [0.25, 0.3) is 17.2 Å². The van der Waals surface area contributed by atoms with Gasteiger partial charge in [-0.3, -0.25) is 0 Å². The van der Waals surface area contributed by atoms with Crippen molar-refractivity contribution < 1.29 is 0 Å². The summed E-state index contributed by atoms with van der Waals surface area (Å²) in [5.41, 5.74) is 9.10. The molecule has 3 aromatic rings. The number of hydrogen-bond acceptors (Lipinski definition) is 0.